The lowest BCUT2D eigenvalue weighted by atomic mass is 10.2. The smallest absolute Gasteiger partial charge is 0.303 e. The number of rotatable bonds is 8. The fourth-order valence-corrected chi connectivity index (χ4v) is 3.54. The molecule has 0 spiro atoms. The second-order valence-electron chi connectivity index (χ2n) is 4.83. The Balaban J connectivity index is 1.83. The summed E-state index contributed by atoms with van der Waals surface area (Å²) in [7, 11) is 0. The van der Waals surface area contributed by atoms with Gasteiger partial charge in [0.05, 0.1) is 10.2 Å². The highest BCUT2D eigenvalue weighted by Crippen LogP contribution is 2.28. The molecule has 0 saturated carbocycles. The molecule has 0 bridgehead atoms. The van der Waals surface area contributed by atoms with E-state index in [4.69, 9.17) is 5.11 Å². The second kappa shape index (κ2) is 8.14. The van der Waals surface area contributed by atoms with Crippen molar-refractivity contribution in [3.63, 3.8) is 0 Å². The van der Waals surface area contributed by atoms with E-state index in [9.17, 15) is 9.59 Å². The molecule has 0 atom stereocenters. The minimum atomic E-state index is -0.772. The summed E-state index contributed by atoms with van der Waals surface area (Å²) in [6.07, 6.45) is 4.41. The largest absolute Gasteiger partial charge is 0.481 e. The Bertz CT molecular complexity index is 670. The topological polar surface area (TPSA) is 79.3 Å². The minimum absolute atomic E-state index is 0.0979. The number of thioether (sulfide) groups is 1. The number of carbonyl (C=O) groups excluding carboxylic acids is 1. The molecule has 0 aliphatic heterocycles. The molecular weight excluding hydrogens is 320 g/mol. The number of carbonyl (C=O) groups is 2. The Labute approximate surface area is 137 Å². The number of carboxylic acid groups (broad SMARTS) is 1. The second-order valence-corrected chi connectivity index (χ2v) is 6.91. The van der Waals surface area contributed by atoms with E-state index in [1.807, 2.05) is 18.4 Å². The molecular formula is C15H18N2O3S2. The standard InChI is InChI=1S/C15H18N2O3S2/c1-21-15-17-11-7-6-10(9-12(11)22-15)14(20)16-8-4-2-3-5-13(18)19/h6-7,9H,2-5,8H2,1H3,(H,16,20)(H,18,19). The highest BCUT2D eigenvalue weighted by molar-refractivity contribution is 8.00. The lowest BCUT2D eigenvalue weighted by molar-refractivity contribution is -0.137. The van der Waals surface area contributed by atoms with Gasteiger partial charge < -0.3 is 10.4 Å². The first kappa shape index (κ1) is 16.8. The van der Waals surface area contributed by atoms with Crippen molar-refractivity contribution in [2.75, 3.05) is 12.8 Å². The SMILES string of the molecule is CSc1nc2ccc(C(=O)NCCCCCC(=O)O)cc2s1. The monoisotopic (exact) mass is 338 g/mol. The van der Waals surface area contributed by atoms with Crippen LogP contribution in [-0.2, 0) is 4.79 Å². The van der Waals surface area contributed by atoms with Gasteiger partial charge in [-0.05, 0) is 37.3 Å². The first-order valence-electron chi connectivity index (χ1n) is 7.04. The highest BCUT2D eigenvalue weighted by Gasteiger charge is 2.09. The third-order valence-corrected chi connectivity index (χ3v) is 5.16. The average Bonchev–Trinajstić information content (AvgIpc) is 2.92. The van der Waals surface area contributed by atoms with Crippen molar-refractivity contribution in [2.45, 2.75) is 30.0 Å². The van der Waals surface area contributed by atoms with E-state index in [-0.39, 0.29) is 12.3 Å². The molecule has 2 N–H and O–H groups in total. The molecule has 1 heterocycles. The number of unbranched alkanes of at least 4 members (excludes halogenated alkanes) is 2. The van der Waals surface area contributed by atoms with Gasteiger partial charge in [0.25, 0.3) is 5.91 Å². The summed E-state index contributed by atoms with van der Waals surface area (Å²) >= 11 is 3.18. The molecule has 0 fully saturated rings. The average molecular weight is 338 g/mol. The minimum Gasteiger partial charge on any atom is -0.481 e. The molecule has 22 heavy (non-hydrogen) atoms. The molecule has 1 aromatic heterocycles. The van der Waals surface area contributed by atoms with Crippen LogP contribution in [0.5, 0.6) is 0 Å². The van der Waals surface area contributed by atoms with Crippen molar-refractivity contribution in [3.8, 4) is 0 Å². The van der Waals surface area contributed by atoms with Gasteiger partial charge in [-0.2, -0.15) is 0 Å². The van der Waals surface area contributed by atoms with Gasteiger partial charge in [0.2, 0.25) is 0 Å². The summed E-state index contributed by atoms with van der Waals surface area (Å²) in [4.78, 5) is 26.9. The van der Waals surface area contributed by atoms with Crippen molar-refractivity contribution in [3.05, 3.63) is 23.8 Å². The number of carboxylic acids is 1. The molecule has 0 unspecified atom stereocenters. The molecule has 0 aliphatic carbocycles. The van der Waals surface area contributed by atoms with Crippen LogP contribution in [0.2, 0.25) is 0 Å². The van der Waals surface area contributed by atoms with Crippen LogP contribution in [-0.4, -0.2) is 34.8 Å². The Hall–Kier alpha value is -1.60. The molecule has 0 radical (unpaired) electrons. The van der Waals surface area contributed by atoms with E-state index in [0.29, 0.717) is 18.5 Å². The third-order valence-electron chi connectivity index (χ3n) is 3.16. The number of aliphatic carboxylic acids is 1. The van der Waals surface area contributed by atoms with Crippen molar-refractivity contribution < 1.29 is 14.7 Å². The molecule has 1 aromatic carbocycles. The molecule has 7 heteroatoms. The van der Waals surface area contributed by atoms with E-state index in [2.05, 4.69) is 10.3 Å². The Kier molecular flexibility index (Phi) is 6.21. The zero-order chi connectivity index (χ0) is 15.9. The maximum absolute atomic E-state index is 12.1. The van der Waals surface area contributed by atoms with Crippen LogP contribution in [0.1, 0.15) is 36.0 Å². The van der Waals surface area contributed by atoms with Crippen LogP contribution in [0, 0.1) is 0 Å². The van der Waals surface area contributed by atoms with Crippen molar-refractivity contribution >= 4 is 45.2 Å². The summed E-state index contributed by atoms with van der Waals surface area (Å²) in [6, 6.07) is 5.52. The van der Waals surface area contributed by atoms with Gasteiger partial charge in [-0.1, -0.05) is 18.2 Å². The summed E-state index contributed by atoms with van der Waals surface area (Å²) in [5, 5.41) is 11.4. The number of amides is 1. The molecule has 0 aliphatic rings. The van der Waals surface area contributed by atoms with E-state index >= 15 is 0 Å². The molecule has 0 saturated heterocycles. The van der Waals surface area contributed by atoms with Crippen LogP contribution >= 0.6 is 23.1 Å². The van der Waals surface area contributed by atoms with E-state index < -0.39 is 5.97 Å². The summed E-state index contributed by atoms with van der Waals surface area (Å²) in [5.74, 6) is -0.870. The van der Waals surface area contributed by atoms with E-state index in [1.165, 1.54) is 0 Å². The van der Waals surface area contributed by atoms with Crippen LogP contribution in [0.15, 0.2) is 22.5 Å². The van der Waals surface area contributed by atoms with Gasteiger partial charge in [-0.15, -0.1) is 11.3 Å². The normalized spacial score (nSPS) is 10.8. The van der Waals surface area contributed by atoms with Crippen molar-refractivity contribution in [1.29, 1.82) is 0 Å². The van der Waals surface area contributed by atoms with Crippen LogP contribution < -0.4 is 5.32 Å². The van der Waals surface area contributed by atoms with E-state index in [0.717, 1.165) is 27.4 Å². The Morgan fingerprint density at radius 1 is 1.32 bits per heavy atom. The van der Waals surface area contributed by atoms with Crippen molar-refractivity contribution in [2.24, 2.45) is 0 Å². The maximum Gasteiger partial charge on any atom is 0.303 e. The van der Waals surface area contributed by atoms with Crippen LogP contribution in [0.25, 0.3) is 10.2 Å². The van der Waals surface area contributed by atoms with Gasteiger partial charge in [0.15, 0.2) is 4.34 Å². The number of nitrogens with one attached hydrogen (secondary N) is 1. The number of hydrogen-bond donors (Lipinski definition) is 2. The van der Waals surface area contributed by atoms with Crippen LogP contribution in [0.3, 0.4) is 0 Å². The number of benzene rings is 1. The summed E-state index contributed by atoms with van der Waals surface area (Å²) < 4.78 is 2.00. The van der Waals surface area contributed by atoms with Crippen molar-refractivity contribution in [1.82, 2.24) is 10.3 Å². The molecule has 118 valence electrons. The molecule has 2 rings (SSSR count). The fourth-order valence-electron chi connectivity index (χ4n) is 2.01. The third kappa shape index (κ3) is 4.71. The molecule has 5 nitrogen and oxygen atoms in total. The summed E-state index contributed by atoms with van der Waals surface area (Å²) in [6.45, 7) is 0.565. The van der Waals surface area contributed by atoms with E-state index in [1.54, 1.807) is 29.2 Å². The first-order chi connectivity index (χ1) is 10.6. The number of thiazole rings is 1. The quantitative estimate of drug-likeness (QED) is 0.570. The Morgan fingerprint density at radius 2 is 2.14 bits per heavy atom. The zero-order valence-electron chi connectivity index (χ0n) is 12.3. The van der Waals surface area contributed by atoms with Crippen LogP contribution in [0.4, 0.5) is 0 Å². The first-order valence-corrected chi connectivity index (χ1v) is 9.09. The Morgan fingerprint density at radius 3 is 2.86 bits per heavy atom. The van der Waals surface area contributed by atoms with Gasteiger partial charge in [0, 0.05) is 18.5 Å². The lowest BCUT2D eigenvalue weighted by Gasteiger charge is -2.05. The van der Waals surface area contributed by atoms with Gasteiger partial charge in [-0.25, -0.2) is 4.98 Å². The van der Waals surface area contributed by atoms with Gasteiger partial charge in [-0.3, -0.25) is 9.59 Å². The van der Waals surface area contributed by atoms with Gasteiger partial charge in [0.1, 0.15) is 0 Å². The summed E-state index contributed by atoms with van der Waals surface area (Å²) in [5.41, 5.74) is 1.55. The predicted molar refractivity (Wildman–Crippen MR) is 89.8 cm³/mol. The zero-order valence-corrected chi connectivity index (χ0v) is 13.9. The predicted octanol–water partition coefficient (Wildman–Crippen LogP) is 3.39. The number of nitrogens with zero attached hydrogens (tertiary/aromatic N) is 1. The number of aromatic nitrogens is 1. The molecule has 2 aromatic rings. The maximum atomic E-state index is 12.1. The lowest BCUT2D eigenvalue weighted by Crippen LogP contribution is -2.24. The highest BCUT2D eigenvalue weighted by atomic mass is 32.2. The number of hydrogen-bond acceptors (Lipinski definition) is 5. The van der Waals surface area contributed by atoms with Gasteiger partial charge >= 0.3 is 5.97 Å². The fraction of sp³-hybridized carbons (Fsp3) is 0.400. The number of fused-ring (bicyclic) bond motifs is 1. The molecule has 1 amide bonds.